The number of rotatable bonds is 6. The molecule has 1 amide bonds. The van der Waals surface area contributed by atoms with Crippen LogP contribution >= 0.6 is 0 Å². The van der Waals surface area contributed by atoms with Gasteiger partial charge in [0.15, 0.2) is 0 Å². The smallest absolute Gasteiger partial charge is 0.430 e. The minimum Gasteiger partial charge on any atom is -0.497 e. The third kappa shape index (κ3) is 4.43. The van der Waals surface area contributed by atoms with Crippen LogP contribution in [0.3, 0.4) is 0 Å². The molecule has 3 heterocycles. The molecule has 0 spiro atoms. The highest BCUT2D eigenvalue weighted by Gasteiger charge is 2.51. The second-order valence-corrected chi connectivity index (χ2v) is 10.5. The van der Waals surface area contributed by atoms with Gasteiger partial charge in [0.25, 0.3) is 0 Å². The number of ether oxygens (including phenoxy) is 2. The predicted octanol–water partition coefficient (Wildman–Crippen LogP) is 6.97. The molecule has 1 fully saturated rings. The zero-order valence-electron chi connectivity index (χ0n) is 22.4. The number of benzene rings is 2. The molecule has 0 radical (unpaired) electrons. The lowest BCUT2D eigenvalue weighted by atomic mass is 9.74. The van der Waals surface area contributed by atoms with E-state index < -0.39 is 23.9 Å². The van der Waals surface area contributed by atoms with Gasteiger partial charge in [0.2, 0.25) is 6.10 Å². The molecule has 1 saturated carbocycles. The van der Waals surface area contributed by atoms with Crippen LogP contribution in [0.15, 0.2) is 54.7 Å². The van der Waals surface area contributed by atoms with Gasteiger partial charge >= 0.3 is 12.3 Å². The van der Waals surface area contributed by atoms with Crippen molar-refractivity contribution in [2.24, 2.45) is 0 Å². The summed E-state index contributed by atoms with van der Waals surface area (Å²) in [4.78, 5) is 18.3. The number of hydrogen-bond acceptors (Lipinski definition) is 6. The van der Waals surface area contributed by atoms with E-state index in [0.717, 1.165) is 35.2 Å². The summed E-state index contributed by atoms with van der Waals surface area (Å²) in [6.07, 6.45) is -4.51. The van der Waals surface area contributed by atoms with Gasteiger partial charge in [-0.2, -0.15) is 23.5 Å². The van der Waals surface area contributed by atoms with Gasteiger partial charge in [-0.25, -0.2) is 9.78 Å². The van der Waals surface area contributed by atoms with Crippen molar-refractivity contribution in [3.63, 3.8) is 0 Å². The maximum atomic E-state index is 14.5. The van der Waals surface area contributed by atoms with E-state index in [1.807, 2.05) is 29.8 Å². The summed E-state index contributed by atoms with van der Waals surface area (Å²) in [5.41, 5.74) is 2.04. The lowest BCUT2D eigenvalue weighted by Gasteiger charge is -2.40. The number of methoxy groups -OCH3 is 1. The van der Waals surface area contributed by atoms with Crippen LogP contribution in [0.5, 0.6) is 5.75 Å². The van der Waals surface area contributed by atoms with Gasteiger partial charge in [0.1, 0.15) is 17.3 Å². The van der Waals surface area contributed by atoms with Gasteiger partial charge in [-0.3, -0.25) is 9.58 Å². The van der Waals surface area contributed by atoms with E-state index >= 15 is 0 Å². The van der Waals surface area contributed by atoms with Crippen molar-refractivity contribution >= 4 is 22.8 Å². The Balaban J connectivity index is 1.55. The molecule has 6 rings (SSSR count). The van der Waals surface area contributed by atoms with Gasteiger partial charge < -0.3 is 9.47 Å². The van der Waals surface area contributed by atoms with Crippen LogP contribution in [0, 0.1) is 18.3 Å². The summed E-state index contributed by atoms with van der Waals surface area (Å²) >= 11 is 0. The standard InChI is InChI=1S/C30H26F3N5O3/c1-18-4-9-21-23(16-18)38(29(13-14-34)11-3-12-29)36-25(21)22-10-15-35-27-24(22)26(30(31,32)33)41-28(39)37(27)17-19-5-7-20(40-2)8-6-19/h4-10,15-16,26H,3,11-13,17H2,1-2H3/t26-/m1/s1. The Bertz CT molecular complexity index is 1690. The number of carbonyl (C=O) groups is 1. The van der Waals surface area contributed by atoms with E-state index in [1.165, 1.54) is 19.4 Å². The minimum absolute atomic E-state index is 0.0590. The molecule has 8 nitrogen and oxygen atoms in total. The number of nitrogens with zero attached hydrogens (tertiary/aromatic N) is 5. The van der Waals surface area contributed by atoms with Crippen molar-refractivity contribution in [1.29, 1.82) is 5.26 Å². The van der Waals surface area contributed by atoms with E-state index in [2.05, 4.69) is 11.1 Å². The Labute approximate surface area is 233 Å². The zero-order valence-corrected chi connectivity index (χ0v) is 22.4. The number of anilines is 1. The highest BCUT2D eigenvalue weighted by Crippen LogP contribution is 2.50. The monoisotopic (exact) mass is 561 g/mol. The third-order valence-corrected chi connectivity index (χ3v) is 7.96. The van der Waals surface area contributed by atoms with E-state index in [9.17, 15) is 23.2 Å². The van der Waals surface area contributed by atoms with Crippen LogP contribution in [0.4, 0.5) is 23.8 Å². The molecule has 1 aliphatic heterocycles. The molecule has 0 bridgehead atoms. The van der Waals surface area contributed by atoms with Crippen molar-refractivity contribution in [1.82, 2.24) is 14.8 Å². The summed E-state index contributed by atoms with van der Waals surface area (Å²) in [5.74, 6) is 0.466. The molecule has 1 aliphatic carbocycles. The summed E-state index contributed by atoms with van der Waals surface area (Å²) in [6.45, 7) is 1.87. The predicted molar refractivity (Wildman–Crippen MR) is 144 cm³/mol. The molecule has 0 unspecified atom stereocenters. The van der Waals surface area contributed by atoms with Gasteiger partial charge in [-0.15, -0.1) is 0 Å². The number of carbonyl (C=O) groups excluding carboxylic acids is 1. The topological polar surface area (TPSA) is 93.3 Å². The minimum atomic E-state index is -4.89. The van der Waals surface area contributed by atoms with Crippen molar-refractivity contribution in [2.75, 3.05) is 12.0 Å². The fraction of sp³-hybridized carbons (Fsp3) is 0.333. The molecule has 0 saturated heterocycles. The molecule has 1 atom stereocenters. The molecular formula is C30H26F3N5O3. The number of nitriles is 1. The first-order chi connectivity index (χ1) is 19.6. The number of alkyl halides is 3. The Hall–Kier alpha value is -4.59. The summed E-state index contributed by atoms with van der Waals surface area (Å²) in [7, 11) is 1.52. The van der Waals surface area contributed by atoms with Gasteiger partial charge in [-0.1, -0.05) is 24.3 Å². The molecule has 11 heteroatoms. The lowest BCUT2D eigenvalue weighted by molar-refractivity contribution is -0.207. The molecule has 4 aromatic rings. The SMILES string of the molecule is COc1ccc(CN2C(=O)O[C@@H](C(F)(F)F)c3c(-c4nn(C5(CC#N)CCC5)c5cc(C)ccc45)ccnc32)cc1. The summed E-state index contributed by atoms with van der Waals surface area (Å²) in [5, 5.41) is 15.1. The quantitative estimate of drug-likeness (QED) is 0.252. The van der Waals surface area contributed by atoms with Crippen LogP contribution in [0.25, 0.3) is 22.2 Å². The molecule has 210 valence electrons. The van der Waals surface area contributed by atoms with Gasteiger partial charge in [0.05, 0.1) is 42.8 Å². The van der Waals surface area contributed by atoms with Crippen LogP contribution in [0.1, 0.15) is 48.5 Å². The summed E-state index contributed by atoms with van der Waals surface area (Å²) in [6, 6.07) is 16.2. The van der Waals surface area contributed by atoms with Crippen LogP contribution in [-0.2, 0) is 16.8 Å². The average Bonchev–Trinajstić information content (AvgIpc) is 3.30. The van der Waals surface area contributed by atoms with E-state index in [4.69, 9.17) is 14.6 Å². The number of halogens is 3. The fourth-order valence-corrected chi connectivity index (χ4v) is 5.72. The number of aromatic nitrogens is 3. The number of cyclic esters (lactones) is 1. The van der Waals surface area contributed by atoms with Crippen molar-refractivity contribution in [2.45, 2.75) is 57.0 Å². The lowest BCUT2D eigenvalue weighted by Crippen LogP contribution is -2.42. The third-order valence-electron chi connectivity index (χ3n) is 7.96. The van der Waals surface area contributed by atoms with Crippen molar-refractivity contribution in [3.8, 4) is 23.1 Å². The molecule has 2 aliphatic rings. The second-order valence-electron chi connectivity index (χ2n) is 10.5. The van der Waals surface area contributed by atoms with Gasteiger partial charge in [-0.05, 0) is 61.6 Å². The first-order valence-electron chi connectivity index (χ1n) is 13.2. The van der Waals surface area contributed by atoms with E-state index in [-0.39, 0.29) is 29.9 Å². The Morgan fingerprint density at radius 1 is 1.17 bits per heavy atom. The van der Waals surface area contributed by atoms with Crippen LogP contribution in [-0.4, -0.2) is 34.1 Å². The average molecular weight is 562 g/mol. The molecule has 0 N–H and O–H groups in total. The first kappa shape index (κ1) is 26.6. The molecule has 2 aromatic heterocycles. The second kappa shape index (κ2) is 9.80. The molecule has 41 heavy (non-hydrogen) atoms. The maximum Gasteiger partial charge on any atom is 0.430 e. The first-order valence-corrected chi connectivity index (χ1v) is 13.2. The van der Waals surface area contributed by atoms with Crippen molar-refractivity contribution in [3.05, 3.63) is 71.4 Å². The summed E-state index contributed by atoms with van der Waals surface area (Å²) < 4.78 is 55.4. The number of amides is 1. The van der Waals surface area contributed by atoms with Crippen LogP contribution in [0.2, 0.25) is 0 Å². The number of aryl methyl sites for hydroxylation is 1. The zero-order chi connectivity index (χ0) is 28.9. The van der Waals surface area contributed by atoms with Gasteiger partial charge in [0, 0.05) is 17.1 Å². The fourth-order valence-electron chi connectivity index (χ4n) is 5.72. The maximum absolute atomic E-state index is 14.5. The number of pyridine rings is 1. The molecular weight excluding hydrogens is 535 g/mol. The van der Waals surface area contributed by atoms with Crippen molar-refractivity contribution < 1.29 is 27.4 Å². The molecule has 2 aromatic carbocycles. The largest absolute Gasteiger partial charge is 0.497 e. The normalized spacial score (nSPS) is 17.9. The Morgan fingerprint density at radius 2 is 1.93 bits per heavy atom. The van der Waals surface area contributed by atoms with E-state index in [0.29, 0.717) is 22.4 Å². The number of fused-ring (bicyclic) bond motifs is 2. The van der Waals surface area contributed by atoms with E-state index in [1.54, 1.807) is 24.3 Å². The Morgan fingerprint density at radius 3 is 2.56 bits per heavy atom. The number of hydrogen-bond donors (Lipinski definition) is 0. The van der Waals surface area contributed by atoms with Crippen LogP contribution < -0.4 is 9.64 Å². The Kier molecular flexibility index (Phi) is 6.36. The highest BCUT2D eigenvalue weighted by molar-refractivity contribution is 5.98. The highest BCUT2D eigenvalue weighted by atomic mass is 19.4.